The minimum atomic E-state index is -1.28. The van der Waals surface area contributed by atoms with Crippen LogP contribution in [0.2, 0.25) is 0 Å². The average Bonchev–Trinajstić information content (AvgIpc) is 3.87. The predicted octanol–water partition coefficient (Wildman–Crippen LogP) is 1.84. The number of aliphatic hydroxyl groups excluding tert-OH is 2. The summed E-state index contributed by atoms with van der Waals surface area (Å²) < 4.78 is 7.77. The van der Waals surface area contributed by atoms with Crippen LogP contribution in [0, 0.1) is 0 Å². The fourth-order valence-electron chi connectivity index (χ4n) is 5.85. The Labute approximate surface area is 253 Å². The van der Waals surface area contributed by atoms with Gasteiger partial charge in [-0.15, -0.1) is 10.2 Å². The maximum atomic E-state index is 11.1. The third kappa shape index (κ3) is 5.48. The predicted molar refractivity (Wildman–Crippen MR) is 162 cm³/mol. The molecule has 5 N–H and O–H groups in total. The Morgan fingerprint density at radius 1 is 1.02 bits per heavy atom. The molecule has 0 unspecified atom stereocenters. The van der Waals surface area contributed by atoms with Crippen LogP contribution in [0.1, 0.15) is 48.5 Å². The number of aryl methyl sites for hydroxylation is 1. The van der Waals surface area contributed by atoms with E-state index in [9.17, 15) is 10.2 Å². The summed E-state index contributed by atoms with van der Waals surface area (Å²) in [7, 11) is 0. The van der Waals surface area contributed by atoms with Crippen molar-refractivity contribution in [3.63, 3.8) is 0 Å². The van der Waals surface area contributed by atoms with Crippen LogP contribution in [0.15, 0.2) is 67.0 Å². The zero-order chi connectivity index (χ0) is 30.0. The second kappa shape index (κ2) is 12.2. The number of nitrogens with one attached hydrogen (secondary N) is 3. The summed E-state index contributed by atoms with van der Waals surface area (Å²) in [6.45, 7) is 4.67. The Kier molecular flexibility index (Phi) is 7.87. The molecule has 0 saturated carbocycles. The Bertz CT molecular complexity index is 1650. The van der Waals surface area contributed by atoms with E-state index in [0.717, 1.165) is 19.5 Å². The molecule has 44 heavy (non-hydrogen) atoms. The molecule has 5 atom stereocenters. The number of hydrogen-bond donors (Lipinski definition) is 5. The first kappa shape index (κ1) is 28.3. The van der Waals surface area contributed by atoms with Gasteiger partial charge in [-0.1, -0.05) is 60.7 Å². The van der Waals surface area contributed by atoms with Gasteiger partial charge in [-0.3, -0.25) is 4.57 Å². The van der Waals surface area contributed by atoms with Crippen LogP contribution in [0.4, 0.5) is 11.8 Å². The fourth-order valence-corrected chi connectivity index (χ4v) is 5.85. The van der Waals surface area contributed by atoms with Crippen molar-refractivity contribution >= 4 is 22.9 Å². The molecule has 0 spiro atoms. The number of aromatic nitrogens is 8. The third-order valence-corrected chi connectivity index (χ3v) is 8.21. The number of nitrogens with zero attached hydrogens (tertiary/aromatic N) is 8. The van der Waals surface area contributed by atoms with E-state index in [2.05, 4.69) is 60.6 Å². The van der Waals surface area contributed by atoms with Gasteiger partial charge in [0.2, 0.25) is 11.8 Å². The maximum Gasteiger partial charge on any atom is 0.227 e. The highest BCUT2D eigenvalue weighted by molar-refractivity contribution is 5.84. The molecule has 0 aliphatic carbocycles. The van der Waals surface area contributed by atoms with E-state index in [-0.39, 0.29) is 17.8 Å². The van der Waals surface area contributed by atoms with Gasteiger partial charge < -0.3 is 30.9 Å². The number of benzene rings is 2. The topological polar surface area (TPSA) is 173 Å². The lowest BCUT2D eigenvalue weighted by molar-refractivity contribution is -0.0384. The minimum Gasteiger partial charge on any atom is -0.387 e. The quantitative estimate of drug-likeness (QED) is 0.158. The first-order valence-corrected chi connectivity index (χ1v) is 14.9. The van der Waals surface area contributed by atoms with Crippen molar-refractivity contribution in [2.24, 2.45) is 0 Å². The lowest BCUT2D eigenvalue weighted by Crippen LogP contribution is -2.29. The normalized spacial score (nSPS) is 23.5. The van der Waals surface area contributed by atoms with Crippen molar-refractivity contribution in [1.29, 1.82) is 0 Å². The summed E-state index contributed by atoms with van der Waals surface area (Å²) in [5.74, 6) is 1.24. The summed E-state index contributed by atoms with van der Waals surface area (Å²) in [5.41, 5.74) is 3.32. The molecule has 2 aromatic carbocycles. The molecule has 0 amide bonds. The summed E-state index contributed by atoms with van der Waals surface area (Å²) in [6.07, 6.45) is -2.02. The maximum absolute atomic E-state index is 11.1. The largest absolute Gasteiger partial charge is 0.387 e. The van der Waals surface area contributed by atoms with Gasteiger partial charge in [0.25, 0.3) is 0 Å². The minimum absolute atomic E-state index is 0.0554. The van der Waals surface area contributed by atoms with Crippen LogP contribution in [-0.4, -0.2) is 87.8 Å². The lowest BCUT2D eigenvalue weighted by Gasteiger charge is -2.20. The highest BCUT2D eigenvalue weighted by atomic mass is 16.6. The van der Waals surface area contributed by atoms with Gasteiger partial charge in [0, 0.05) is 25.0 Å². The van der Waals surface area contributed by atoms with Gasteiger partial charge in [-0.25, -0.2) is 4.98 Å². The van der Waals surface area contributed by atoms with Gasteiger partial charge in [0.05, 0.1) is 12.9 Å². The lowest BCUT2D eigenvalue weighted by atomic mass is 9.91. The average molecular weight is 598 g/mol. The van der Waals surface area contributed by atoms with Crippen molar-refractivity contribution < 1.29 is 14.9 Å². The number of rotatable bonds is 10. The third-order valence-electron chi connectivity index (χ3n) is 8.21. The van der Waals surface area contributed by atoms with E-state index in [0.29, 0.717) is 36.0 Å². The Balaban J connectivity index is 1.23. The van der Waals surface area contributed by atoms with Crippen molar-refractivity contribution in [1.82, 2.24) is 45.0 Å². The van der Waals surface area contributed by atoms with E-state index in [4.69, 9.17) is 14.7 Å². The molecular formula is C30H35N11O3. The van der Waals surface area contributed by atoms with Crippen molar-refractivity contribution in [2.45, 2.75) is 56.4 Å². The van der Waals surface area contributed by atoms with E-state index in [1.807, 2.05) is 43.3 Å². The summed E-state index contributed by atoms with van der Waals surface area (Å²) in [5, 5.41) is 44.6. The molecular weight excluding hydrogens is 562 g/mol. The molecule has 7 rings (SSSR count). The van der Waals surface area contributed by atoms with E-state index >= 15 is 0 Å². The van der Waals surface area contributed by atoms with Gasteiger partial charge >= 0.3 is 0 Å². The van der Waals surface area contributed by atoms with Crippen molar-refractivity contribution in [3.8, 4) is 0 Å². The highest BCUT2D eigenvalue weighted by Gasteiger charge is 2.47. The molecule has 2 saturated heterocycles. The standard InChI is InChI=1S/C30H35N11O3/c1-2-41-38-27(37-39-41)25-23(42)24(43)29(44-25)40-17-33-22-26(35-30(36-28(22)40)34-20-13-14-31-15-20)32-16-21(18-9-5-3-6-10-18)19-11-7-4-8-12-19/h3-12,17,20-21,23-25,29,31,42-43H,2,13-16H2,1H3,(H2,32,34,35,36)/t20-,23-,24+,25-,29+/m0/s1. The SMILES string of the molecule is CCn1nnc([C@H]2O[C@@H](n3cnc4c(NCC(c5ccccc5)c5ccccc5)nc(N[C@H]5CCNC5)nc43)[C@H](O)[C@@H]2O)n1. The molecule has 5 aromatic rings. The van der Waals surface area contributed by atoms with Gasteiger partial charge in [0.1, 0.15) is 12.2 Å². The molecule has 14 heteroatoms. The number of aliphatic hydroxyl groups is 2. The fraction of sp³-hybridized carbons (Fsp3) is 0.400. The van der Waals surface area contributed by atoms with E-state index in [1.54, 1.807) is 10.9 Å². The van der Waals surface area contributed by atoms with Gasteiger partial charge in [0.15, 0.2) is 29.3 Å². The number of hydrogen-bond acceptors (Lipinski definition) is 12. The number of anilines is 2. The summed E-state index contributed by atoms with van der Waals surface area (Å²) in [6, 6.07) is 20.9. The van der Waals surface area contributed by atoms with Gasteiger partial charge in [-0.2, -0.15) is 14.8 Å². The Morgan fingerprint density at radius 2 is 1.77 bits per heavy atom. The number of tetrazole rings is 1. The molecule has 3 aromatic heterocycles. The van der Waals surface area contributed by atoms with Crippen molar-refractivity contribution in [2.75, 3.05) is 30.3 Å². The number of imidazole rings is 1. The van der Waals surface area contributed by atoms with E-state index < -0.39 is 24.5 Å². The smallest absolute Gasteiger partial charge is 0.227 e. The van der Waals surface area contributed by atoms with Crippen LogP contribution in [0.3, 0.4) is 0 Å². The number of ether oxygens (including phenoxy) is 1. The molecule has 2 aliphatic heterocycles. The van der Waals surface area contributed by atoms with Crippen LogP contribution >= 0.6 is 0 Å². The second-order valence-corrected chi connectivity index (χ2v) is 11.1. The molecule has 0 radical (unpaired) electrons. The summed E-state index contributed by atoms with van der Waals surface area (Å²) >= 11 is 0. The molecule has 228 valence electrons. The van der Waals surface area contributed by atoms with Crippen molar-refractivity contribution in [3.05, 3.63) is 83.9 Å². The highest BCUT2D eigenvalue weighted by Crippen LogP contribution is 2.39. The van der Waals surface area contributed by atoms with Crippen LogP contribution in [0.25, 0.3) is 11.2 Å². The molecule has 2 fully saturated rings. The van der Waals surface area contributed by atoms with Crippen LogP contribution in [0.5, 0.6) is 0 Å². The Hall–Kier alpha value is -4.50. The van der Waals surface area contributed by atoms with Crippen LogP contribution < -0.4 is 16.0 Å². The zero-order valence-electron chi connectivity index (χ0n) is 24.2. The molecule has 2 aliphatic rings. The molecule has 5 heterocycles. The molecule has 0 bridgehead atoms. The zero-order valence-corrected chi connectivity index (χ0v) is 24.2. The van der Waals surface area contributed by atoms with Gasteiger partial charge in [-0.05, 0) is 36.2 Å². The molecule has 14 nitrogen and oxygen atoms in total. The number of fused-ring (bicyclic) bond motifs is 1. The van der Waals surface area contributed by atoms with E-state index in [1.165, 1.54) is 15.9 Å². The second-order valence-electron chi connectivity index (χ2n) is 11.1. The first-order valence-electron chi connectivity index (χ1n) is 14.9. The first-order chi connectivity index (χ1) is 21.6. The summed E-state index contributed by atoms with van der Waals surface area (Å²) in [4.78, 5) is 15.7. The van der Waals surface area contributed by atoms with Crippen LogP contribution in [-0.2, 0) is 11.3 Å². The monoisotopic (exact) mass is 597 g/mol. The Morgan fingerprint density at radius 3 is 2.43 bits per heavy atom.